The molecule has 540 valence electrons. The maximum Gasteiger partial charge on any atom is 0.305 e. The van der Waals surface area contributed by atoms with Gasteiger partial charge in [-0.1, -0.05) is 0 Å². The van der Waals surface area contributed by atoms with Crippen LogP contribution in [-0.4, -0.2) is 388 Å². The summed E-state index contributed by atoms with van der Waals surface area (Å²) < 4.78 is 153. The van der Waals surface area contributed by atoms with Crippen molar-refractivity contribution in [2.75, 3.05) is 377 Å². The number of nitrogens with two attached hydrogens (primary N) is 1. The van der Waals surface area contributed by atoms with Gasteiger partial charge >= 0.3 is 5.97 Å². The fraction of sp³-hybridized carbons (Fsp3) is 0.983. The number of rotatable bonds is 86. The summed E-state index contributed by atoms with van der Waals surface area (Å²) in [5.74, 6) is -0.880. The quantitative estimate of drug-likeness (QED) is 0.0750. The third-order valence-electron chi connectivity index (χ3n) is 10.8. The third kappa shape index (κ3) is 86.3. The average molecular weight is 1320 g/mol. The molecule has 0 aliphatic heterocycles. The third-order valence-corrected chi connectivity index (χ3v) is 10.8. The van der Waals surface area contributed by atoms with Gasteiger partial charge in [0.15, 0.2) is 0 Å². The van der Waals surface area contributed by atoms with Gasteiger partial charge in [0.2, 0.25) is 0 Å². The number of carboxylic acids is 1. The molecule has 0 aromatic heterocycles. The van der Waals surface area contributed by atoms with Gasteiger partial charge in [0.25, 0.3) is 0 Å². The summed E-state index contributed by atoms with van der Waals surface area (Å²) in [5.41, 5.74) is 5.35. The predicted molar refractivity (Wildman–Crippen MR) is 324 cm³/mol. The van der Waals surface area contributed by atoms with Crippen LogP contribution >= 0.6 is 0 Å². The first kappa shape index (κ1) is 88.3. The minimum absolute atomic E-state index is 0.0109. The molecule has 0 spiro atoms. The van der Waals surface area contributed by atoms with Crippen LogP contribution in [0.25, 0.3) is 0 Å². The van der Waals surface area contributed by atoms with Crippen molar-refractivity contribution in [1.82, 2.24) is 0 Å². The van der Waals surface area contributed by atoms with Gasteiger partial charge in [0.1, 0.15) is 0 Å². The Hall–Kier alpha value is -1.69. The molecule has 3 N–H and O–H groups in total. The molecule has 0 unspecified atom stereocenters. The van der Waals surface area contributed by atoms with Crippen molar-refractivity contribution in [2.24, 2.45) is 5.73 Å². The minimum Gasteiger partial charge on any atom is -0.481 e. The lowest BCUT2D eigenvalue weighted by atomic mass is 10.5. The van der Waals surface area contributed by atoms with E-state index in [2.05, 4.69) is 0 Å². The molecule has 0 bridgehead atoms. The Morgan fingerprint density at radius 3 is 0.311 bits per heavy atom. The Morgan fingerprint density at radius 1 is 0.156 bits per heavy atom. The van der Waals surface area contributed by atoms with E-state index in [1.165, 1.54) is 0 Å². The van der Waals surface area contributed by atoms with Crippen LogP contribution < -0.4 is 5.73 Å². The SMILES string of the molecule is NCCOCCOCCOCCOCCOCCOCCOCCOCCOCCOCCOCCOCCOCCOCCOCCOCCOCCOCCOCCOCCOCCOCCOCCOCCOCCOCCOCCOCCC(=O)O. The van der Waals surface area contributed by atoms with E-state index in [1.54, 1.807) is 0 Å². The van der Waals surface area contributed by atoms with E-state index in [0.717, 1.165) is 0 Å². The number of carboxylic acid groups (broad SMARTS) is 1. The molecule has 0 heterocycles. The summed E-state index contributed by atoms with van der Waals surface area (Å²) in [7, 11) is 0. The number of hydrogen-bond donors (Lipinski definition) is 2. The highest BCUT2D eigenvalue weighted by molar-refractivity contribution is 5.66. The molecule has 0 atom stereocenters. The van der Waals surface area contributed by atoms with Crippen LogP contribution in [0.15, 0.2) is 0 Å². The highest BCUT2D eigenvalue weighted by Crippen LogP contribution is 1.93. The molecule has 0 rings (SSSR count). The fourth-order valence-electron chi connectivity index (χ4n) is 6.28. The van der Waals surface area contributed by atoms with Crippen LogP contribution in [0, 0.1) is 0 Å². The Balaban J connectivity index is 3.09. The van der Waals surface area contributed by atoms with Crippen molar-refractivity contribution in [3.8, 4) is 0 Å². The van der Waals surface area contributed by atoms with E-state index in [0.29, 0.717) is 370 Å². The van der Waals surface area contributed by atoms with Gasteiger partial charge in [-0.05, 0) is 0 Å². The van der Waals surface area contributed by atoms with Crippen molar-refractivity contribution >= 4 is 5.97 Å². The summed E-state index contributed by atoms with van der Waals surface area (Å²) >= 11 is 0. The van der Waals surface area contributed by atoms with E-state index in [9.17, 15) is 4.79 Å². The lowest BCUT2D eigenvalue weighted by Crippen LogP contribution is -2.16. The lowest BCUT2D eigenvalue weighted by molar-refractivity contribution is -0.138. The molecule has 0 saturated heterocycles. The maximum absolute atomic E-state index is 10.4. The first-order chi connectivity index (χ1) is 44.8. The Bertz CT molecular complexity index is 1290. The van der Waals surface area contributed by atoms with Crippen LogP contribution in [0.1, 0.15) is 6.42 Å². The van der Waals surface area contributed by atoms with Crippen molar-refractivity contribution in [3.63, 3.8) is 0 Å². The standard InChI is InChI=1S/C59H119NO30/c60-2-4-64-6-8-66-10-12-68-14-16-70-18-20-72-22-24-74-26-28-76-30-32-78-34-36-80-38-40-82-42-44-84-46-48-86-50-52-88-54-56-90-58-57-89-55-53-87-51-49-85-47-45-83-43-41-81-39-37-79-35-33-77-31-29-75-27-25-73-23-21-71-19-17-69-15-13-67-11-9-65-7-5-63-3-1-59(61)62/h1-58,60H2,(H,61,62). The van der Waals surface area contributed by atoms with Gasteiger partial charge in [-0.3, -0.25) is 4.79 Å². The normalized spacial score (nSPS) is 11.7. The van der Waals surface area contributed by atoms with Crippen molar-refractivity contribution in [2.45, 2.75) is 6.42 Å². The summed E-state index contributed by atoms with van der Waals surface area (Å²) in [6, 6.07) is 0. The van der Waals surface area contributed by atoms with E-state index < -0.39 is 5.97 Å². The Labute approximate surface area is 535 Å². The maximum atomic E-state index is 10.4. The average Bonchev–Trinajstić information content (AvgIpc) is 3.54. The minimum atomic E-state index is -0.880. The number of ether oxygens (including phenoxy) is 28. The zero-order chi connectivity index (χ0) is 64.4. The highest BCUT2D eigenvalue weighted by atomic mass is 16.6. The summed E-state index contributed by atoms with van der Waals surface area (Å²) in [6.07, 6.45) is -0.0109. The van der Waals surface area contributed by atoms with Gasteiger partial charge in [-0.2, -0.15) is 0 Å². The summed E-state index contributed by atoms with van der Waals surface area (Å²) in [6.45, 7) is 27.1. The second-order valence-corrected chi connectivity index (χ2v) is 18.1. The van der Waals surface area contributed by atoms with Crippen LogP contribution in [0.3, 0.4) is 0 Å². The first-order valence-corrected chi connectivity index (χ1v) is 31.9. The summed E-state index contributed by atoms with van der Waals surface area (Å²) in [5, 5.41) is 8.53. The number of aliphatic carboxylic acids is 1. The van der Waals surface area contributed by atoms with Crippen LogP contribution in [0.5, 0.6) is 0 Å². The lowest BCUT2D eigenvalue weighted by Gasteiger charge is -2.09. The molecule has 31 nitrogen and oxygen atoms in total. The zero-order valence-electron chi connectivity index (χ0n) is 54.4. The number of carbonyl (C=O) groups is 1. The molecule has 0 aromatic rings. The largest absolute Gasteiger partial charge is 0.481 e. The van der Waals surface area contributed by atoms with Gasteiger partial charge < -0.3 is 143 Å². The molecular weight excluding hydrogens is 1200 g/mol. The highest BCUT2D eigenvalue weighted by Gasteiger charge is 2.02. The van der Waals surface area contributed by atoms with Crippen LogP contribution in [0.4, 0.5) is 0 Å². The Morgan fingerprint density at radius 2 is 0.233 bits per heavy atom. The fourth-order valence-corrected chi connectivity index (χ4v) is 6.28. The predicted octanol–water partition coefficient (Wildman–Crippen LogP) is -0.115. The van der Waals surface area contributed by atoms with Crippen molar-refractivity contribution in [1.29, 1.82) is 0 Å². The number of hydrogen-bond acceptors (Lipinski definition) is 30. The molecular formula is C59H119NO30. The molecule has 0 aliphatic carbocycles. The summed E-state index contributed by atoms with van der Waals surface area (Å²) in [4.78, 5) is 10.4. The van der Waals surface area contributed by atoms with E-state index in [4.69, 9.17) is 143 Å². The monoisotopic (exact) mass is 1320 g/mol. The van der Waals surface area contributed by atoms with Crippen LogP contribution in [0.2, 0.25) is 0 Å². The second kappa shape index (κ2) is 85.3. The first-order valence-electron chi connectivity index (χ1n) is 31.9. The van der Waals surface area contributed by atoms with Crippen molar-refractivity contribution < 1.29 is 143 Å². The molecule has 0 fully saturated rings. The molecule has 0 radical (unpaired) electrons. The molecule has 90 heavy (non-hydrogen) atoms. The van der Waals surface area contributed by atoms with Gasteiger partial charge in [0.05, 0.1) is 376 Å². The van der Waals surface area contributed by atoms with E-state index >= 15 is 0 Å². The zero-order valence-corrected chi connectivity index (χ0v) is 54.4. The van der Waals surface area contributed by atoms with Crippen molar-refractivity contribution in [3.05, 3.63) is 0 Å². The Kier molecular flexibility index (Phi) is 83.7. The van der Waals surface area contributed by atoms with Gasteiger partial charge in [-0.25, -0.2) is 0 Å². The second-order valence-electron chi connectivity index (χ2n) is 18.1. The molecule has 0 aromatic carbocycles. The van der Waals surface area contributed by atoms with Crippen LogP contribution in [-0.2, 0) is 137 Å². The van der Waals surface area contributed by atoms with E-state index in [1.807, 2.05) is 0 Å². The molecule has 0 saturated carbocycles. The molecule has 0 aliphatic rings. The molecule has 31 heteroatoms. The van der Waals surface area contributed by atoms with E-state index in [-0.39, 0.29) is 13.0 Å². The topological polar surface area (TPSA) is 322 Å². The smallest absolute Gasteiger partial charge is 0.305 e. The van der Waals surface area contributed by atoms with Gasteiger partial charge in [0, 0.05) is 6.54 Å². The van der Waals surface area contributed by atoms with Gasteiger partial charge in [-0.15, -0.1) is 0 Å². The molecule has 0 amide bonds.